The molecule has 63 heavy (non-hydrogen) atoms. The summed E-state index contributed by atoms with van der Waals surface area (Å²) in [6, 6.07) is 86.9. The van der Waals surface area contributed by atoms with Crippen molar-refractivity contribution < 1.29 is 4.42 Å². The highest BCUT2D eigenvalue weighted by Crippen LogP contribution is 2.43. The Balaban J connectivity index is 0.991. The smallest absolute Gasteiger partial charge is 0.143 e. The average molecular weight is 805 g/mol. The van der Waals surface area contributed by atoms with Gasteiger partial charge in [0.15, 0.2) is 0 Å². The molecule has 2 aromatic heterocycles. The van der Waals surface area contributed by atoms with Crippen molar-refractivity contribution in [2.24, 2.45) is 0 Å². The van der Waals surface area contributed by atoms with Gasteiger partial charge in [0.2, 0.25) is 0 Å². The van der Waals surface area contributed by atoms with E-state index >= 15 is 0 Å². The molecular weight excluding hydrogens is 765 g/mol. The zero-order valence-electron chi connectivity index (χ0n) is 34.4. The van der Waals surface area contributed by atoms with Crippen LogP contribution in [0.1, 0.15) is 0 Å². The van der Waals surface area contributed by atoms with Gasteiger partial charge in [-0.15, -0.1) is 0 Å². The number of furan rings is 1. The second-order valence-corrected chi connectivity index (χ2v) is 16.1. The minimum absolute atomic E-state index is 0.886. The maximum atomic E-state index is 6.88. The molecule has 0 atom stereocenters. The van der Waals surface area contributed by atoms with Crippen LogP contribution in [0, 0.1) is 0 Å². The molecule has 0 saturated carbocycles. The Morgan fingerprint density at radius 2 is 0.730 bits per heavy atom. The molecule has 0 radical (unpaired) electrons. The molecule has 0 spiro atoms. The van der Waals surface area contributed by atoms with E-state index in [1.807, 2.05) is 0 Å². The largest absolute Gasteiger partial charge is 0.455 e. The summed E-state index contributed by atoms with van der Waals surface area (Å²) >= 11 is 0. The molecule has 0 fully saturated rings. The van der Waals surface area contributed by atoms with E-state index in [1.165, 1.54) is 32.9 Å². The van der Waals surface area contributed by atoms with Crippen molar-refractivity contribution in [2.75, 3.05) is 4.90 Å². The van der Waals surface area contributed by atoms with Crippen LogP contribution in [-0.2, 0) is 0 Å². The van der Waals surface area contributed by atoms with Gasteiger partial charge in [-0.05, 0) is 82.4 Å². The summed E-state index contributed by atoms with van der Waals surface area (Å²) in [5.74, 6) is 0. The van der Waals surface area contributed by atoms with Crippen molar-refractivity contribution in [3.8, 4) is 50.2 Å². The number of rotatable bonds is 8. The third-order valence-electron chi connectivity index (χ3n) is 12.4. The highest BCUT2D eigenvalue weighted by molar-refractivity contribution is 6.13. The number of anilines is 3. The van der Waals surface area contributed by atoms with Gasteiger partial charge < -0.3 is 13.9 Å². The van der Waals surface area contributed by atoms with Crippen LogP contribution >= 0.6 is 0 Å². The third kappa shape index (κ3) is 6.29. The fraction of sp³-hybridized carbons (Fsp3) is 0. The minimum atomic E-state index is 0.886. The topological polar surface area (TPSA) is 21.3 Å². The van der Waals surface area contributed by atoms with E-state index in [-0.39, 0.29) is 0 Å². The molecule has 2 heterocycles. The summed E-state index contributed by atoms with van der Waals surface area (Å²) in [5.41, 5.74) is 17.5. The van der Waals surface area contributed by atoms with Crippen LogP contribution in [0.4, 0.5) is 17.1 Å². The summed E-state index contributed by atoms with van der Waals surface area (Å²) in [7, 11) is 0. The molecule has 0 unspecified atom stereocenters. The molecule has 0 aliphatic carbocycles. The van der Waals surface area contributed by atoms with E-state index in [2.05, 4.69) is 252 Å². The maximum Gasteiger partial charge on any atom is 0.143 e. The Hall–Kier alpha value is -8.40. The molecule has 0 amide bonds. The van der Waals surface area contributed by atoms with Gasteiger partial charge in [0.1, 0.15) is 11.2 Å². The molecule has 3 nitrogen and oxygen atoms in total. The minimum Gasteiger partial charge on any atom is -0.455 e. The lowest BCUT2D eigenvalue weighted by atomic mass is 9.99. The summed E-state index contributed by atoms with van der Waals surface area (Å²) in [5, 5.41) is 4.73. The van der Waals surface area contributed by atoms with E-state index < -0.39 is 0 Å². The van der Waals surface area contributed by atoms with Gasteiger partial charge in [0, 0.05) is 55.3 Å². The molecular formula is C60H40N2O. The summed E-state index contributed by atoms with van der Waals surface area (Å²) in [4.78, 5) is 2.37. The molecule has 0 saturated heterocycles. The molecule has 0 aliphatic rings. The van der Waals surface area contributed by atoms with Crippen molar-refractivity contribution >= 4 is 60.8 Å². The Bertz CT molecular complexity index is 3570. The van der Waals surface area contributed by atoms with Crippen molar-refractivity contribution in [1.82, 2.24) is 4.57 Å². The maximum absolute atomic E-state index is 6.88. The Morgan fingerprint density at radius 3 is 1.38 bits per heavy atom. The van der Waals surface area contributed by atoms with E-state index in [1.54, 1.807) is 0 Å². The van der Waals surface area contributed by atoms with E-state index in [9.17, 15) is 0 Å². The van der Waals surface area contributed by atoms with Gasteiger partial charge in [0.05, 0.1) is 16.7 Å². The number of fused-ring (bicyclic) bond motifs is 6. The lowest BCUT2D eigenvalue weighted by Gasteiger charge is -2.27. The van der Waals surface area contributed by atoms with E-state index in [4.69, 9.17) is 4.42 Å². The first-order valence-electron chi connectivity index (χ1n) is 21.5. The Morgan fingerprint density at radius 1 is 0.286 bits per heavy atom. The standard InChI is InChI=1S/C60H40N2O/c1-3-17-41(18-4-1)44-21-13-23-47(39-44)61(46-37-35-43(36-38-46)49-25-7-10-32-56(49)62-57-33-11-8-26-52(57)53-27-9-12-34-58(53)62)48-24-14-22-45(40-48)51-29-16-31-55-54-30-15-28-50(59(54)63-60(51)55)42-19-5-2-6-20-42/h1-40H. The summed E-state index contributed by atoms with van der Waals surface area (Å²) < 4.78 is 9.29. The first kappa shape index (κ1) is 36.5. The number of hydrogen-bond donors (Lipinski definition) is 0. The highest BCUT2D eigenvalue weighted by atomic mass is 16.3. The zero-order valence-corrected chi connectivity index (χ0v) is 34.4. The quantitative estimate of drug-likeness (QED) is 0.153. The third-order valence-corrected chi connectivity index (χ3v) is 12.4. The normalized spacial score (nSPS) is 11.5. The van der Waals surface area contributed by atoms with E-state index in [0.29, 0.717) is 0 Å². The van der Waals surface area contributed by atoms with Gasteiger partial charge >= 0.3 is 0 Å². The molecule has 3 heteroatoms. The van der Waals surface area contributed by atoms with Crippen molar-refractivity contribution in [2.45, 2.75) is 0 Å². The highest BCUT2D eigenvalue weighted by Gasteiger charge is 2.20. The lowest BCUT2D eigenvalue weighted by molar-refractivity contribution is 0.671. The predicted octanol–water partition coefficient (Wildman–Crippen LogP) is 16.8. The SMILES string of the molecule is c1ccc(-c2cccc(N(c3ccc(-c4ccccc4-n4c5ccccc5c5ccccc54)cc3)c3cccc(-c4cccc5c4oc4c(-c6ccccc6)cccc45)c3)c2)cc1. The summed E-state index contributed by atoms with van der Waals surface area (Å²) in [6.45, 7) is 0. The number of nitrogens with zero attached hydrogens (tertiary/aromatic N) is 2. The van der Waals surface area contributed by atoms with Crippen molar-refractivity contribution in [3.63, 3.8) is 0 Å². The number of hydrogen-bond acceptors (Lipinski definition) is 2. The van der Waals surface area contributed by atoms with Gasteiger partial charge in [-0.3, -0.25) is 0 Å². The number of benzene rings is 10. The molecule has 0 N–H and O–H groups in total. The zero-order chi connectivity index (χ0) is 41.7. The Kier molecular flexibility index (Phi) is 8.83. The molecule has 10 aromatic carbocycles. The predicted molar refractivity (Wildman–Crippen MR) is 264 cm³/mol. The van der Waals surface area contributed by atoms with Crippen LogP contribution < -0.4 is 4.90 Å². The summed E-state index contributed by atoms with van der Waals surface area (Å²) in [6.07, 6.45) is 0. The second kappa shape index (κ2) is 15.3. The monoisotopic (exact) mass is 804 g/mol. The van der Waals surface area contributed by atoms with Crippen molar-refractivity contribution in [1.29, 1.82) is 0 Å². The number of aromatic nitrogens is 1. The van der Waals surface area contributed by atoms with Crippen LogP contribution in [0.15, 0.2) is 247 Å². The second-order valence-electron chi connectivity index (χ2n) is 16.1. The fourth-order valence-electron chi connectivity index (χ4n) is 9.49. The molecule has 296 valence electrons. The Labute approximate surface area is 366 Å². The van der Waals surface area contributed by atoms with Gasteiger partial charge in [-0.1, -0.05) is 188 Å². The first-order valence-corrected chi connectivity index (χ1v) is 21.5. The van der Waals surface area contributed by atoms with Crippen LogP contribution in [0.3, 0.4) is 0 Å². The van der Waals surface area contributed by atoms with Crippen LogP contribution in [0.25, 0.3) is 93.9 Å². The lowest BCUT2D eigenvalue weighted by Crippen LogP contribution is -2.10. The average Bonchev–Trinajstić information content (AvgIpc) is 3.91. The molecule has 0 bridgehead atoms. The van der Waals surface area contributed by atoms with Crippen molar-refractivity contribution in [3.05, 3.63) is 243 Å². The fourth-order valence-corrected chi connectivity index (χ4v) is 9.49. The molecule has 12 rings (SSSR count). The van der Waals surface area contributed by atoms with Gasteiger partial charge in [-0.2, -0.15) is 0 Å². The molecule has 0 aliphatic heterocycles. The molecule has 12 aromatic rings. The number of para-hydroxylation sites is 5. The van der Waals surface area contributed by atoms with Crippen LogP contribution in [0.2, 0.25) is 0 Å². The van der Waals surface area contributed by atoms with Crippen LogP contribution in [-0.4, -0.2) is 4.57 Å². The van der Waals surface area contributed by atoms with E-state index in [0.717, 1.165) is 78.1 Å². The van der Waals surface area contributed by atoms with Crippen LogP contribution in [0.5, 0.6) is 0 Å². The van der Waals surface area contributed by atoms with Gasteiger partial charge in [0.25, 0.3) is 0 Å². The van der Waals surface area contributed by atoms with Gasteiger partial charge in [-0.25, -0.2) is 0 Å². The first-order chi connectivity index (χ1) is 31.3.